The molecule has 10 heteroatoms. The Bertz CT molecular complexity index is 785. The summed E-state index contributed by atoms with van der Waals surface area (Å²) in [6.07, 6.45) is 0.666. The van der Waals surface area contributed by atoms with E-state index < -0.39 is 12.2 Å². The summed E-state index contributed by atoms with van der Waals surface area (Å²) in [4.78, 5) is 17.6. The van der Waals surface area contributed by atoms with Crippen LogP contribution in [0.3, 0.4) is 0 Å². The van der Waals surface area contributed by atoms with Crippen molar-refractivity contribution in [1.29, 1.82) is 0 Å². The van der Waals surface area contributed by atoms with Crippen molar-refractivity contribution in [1.82, 2.24) is 25.0 Å². The molecule has 4 rings (SSSR count). The lowest BCUT2D eigenvalue weighted by Crippen LogP contribution is -2.38. The van der Waals surface area contributed by atoms with Gasteiger partial charge in [-0.05, 0) is 23.9 Å². The van der Waals surface area contributed by atoms with E-state index in [9.17, 15) is 10.2 Å². The number of nitrogens with zero attached hydrogens (tertiary/aromatic N) is 4. The van der Waals surface area contributed by atoms with Gasteiger partial charge in [-0.1, -0.05) is 0 Å². The first-order chi connectivity index (χ1) is 11.5. The van der Waals surface area contributed by atoms with Crippen LogP contribution in [0.2, 0.25) is 5.28 Å². The lowest BCUT2D eigenvalue weighted by molar-refractivity contribution is -0.0290. The van der Waals surface area contributed by atoms with Gasteiger partial charge in [0.25, 0.3) is 0 Å². The zero-order chi connectivity index (χ0) is 17.1. The van der Waals surface area contributed by atoms with E-state index in [0.717, 1.165) is 6.42 Å². The van der Waals surface area contributed by atoms with Crippen molar-refractivity contribution in [3.8, 4) is 0 Å². The molecule has 130 valence electrons. The summed E-state index contributed by atoms with van der Waals surface area (Å²) in [5, 5.41) is 24.2. The molecule has 0 radical (unpaired) electrons. The van der Waals surface area contributed by atoms with Crippen molar-refractivity contribution >= 4 is 28.6 Å². The molecular weight excluding hydrogens is 336 g/mol. The van der Waals surface area contributed by atoms with E-state index in [1.165, 1.54) is 7.11 Å². The number of imidazole rings is 1. The van der Waals surface area contributed by atoms with Crippen LogP contribution in [0, 0.1) is 11.3 Å². The SMILES string of the molecule is CNc1nc(Cl)nc2c1ncn2[C@H]1[C@H](O)[C@H](O)[C@@]2(CNOC)C[C@H]12. The Balaban J connectivity index is 1.75. The van der Waals surface area contributed by atoms with E-state index in [2.05, 4.69) is 25.7 Å². The summed E-state index contributed by atoms with van der Waals surface area (Å²) in [5.41, 5.74) is 3.53. The number of hydrogen-bond acceptors (Lipinski definition) is 8. The van der Waals surface area contributed by atoms with E-state index in [1.54, 1.807) is 17.9 Å². The molecule has 0 unspecified atom stereocenters. The Kier molecular flexibility index (Phi) is 3.66. The number of nitrogens with one attached hydrogen (secondary N) is 2. The maximum atomic E-state index is 10.6. The summed E-state index contributed by atoms with van der Waals surface area (Å²) in [6, 6.07) is -0.320. The van der Waals surface area contributed by atoms with Crippen molar-refractivity contribution < 1.29 is 15.1 Å². The van der Waals surface area contributed by atoms with Crippen LogP contribution in [0.15, 0.2) is 6.33 Å². The van der Waals surface area contributed by atoms with Gasteiger partial charge in [0.1, 0.15) is 6.10 Å². The normalized spacial score (nSPS) is 34.5. The second-order valence-corrected chi connectivity index (χ2v) is 6.75. The maximum Gasteiger partial charge on any atom is 0.226 e. The van der Waals surface area contributed by atoms with Crippen molar-refractivity contribution in [2.75, 3.05) is 26.0 Å². The Morgan fingerprint density at radius 2 is 2.25 bits per heavy atom. The number of aromatic nitrogens is 4. The van der Waals surface area contributed by atoms with Crippen molar-refractivity contribution in [2.45, 2.75) is 24.7 Å². The summed E-state index contributed by atoms with van der Waals surface area (Å²) < 4.78 is 1.80. The van der Waals surface area contributed by atoms with Crippen LogP contribution in [-0.2, 0) is 4.84 Å². The number of hydroxylamine groups is 1. The molecule has 2 heterocycles. The third-order valence-electron chi connectivity index (χ3n) is 5.35. The lowest BCUT2D eigenvalue weighted by atomic mass is 9.99. The minimum Gasteiger partial charge on any atom is -0.390 e. The fourth-order valence-corrected chi connectivity index (χ4v) is 4.24. The number of rotatable bonds is 5. The van der Waals surface area contributed by atoms with Crippen molar-refractivity contribution in [2.24, 2.45) is 11.3 Å². The molecule has 0 aliphatic heterocycles. The summed E-state index contributed by atoms with van der Waals surface area (Å²) in [7, 11) is 3.26. The van der Waals surface area contributed by atoms with Gasteiger partial charge in [0, 0.05) is 19.0 Å². The highest BCUT2D eigenvalue weighted by Gasteiger charge is 2.71. The van der Waals surface area contributed by atoms with E-state index in [-0.39, 0.29) is 22.7 Å². The molecule has 0 spiro atoms. The van der Waals surface area contributed by atoms with Crippen LogP contribution < -0.4 is 10.8 Å². The van der Waals surface area contributed by atoms with Gasteiger partial charge >= 0.3 is 0 Å². The summed E-state index contributed by atoms with van der Waals surface area (Å²) in [6.45, 7) is 0.479. The minimum absolute atomic E-state index is 0.102. The molecule has 0 amide bonds. The number of fused-ring (bicyclic) bond motifs is 2. The van der Waals surface area contributed by atoms with Gasteiger partial charge in [0.05, 0.1) is 25.6 Å². The molecule has 2 fully saturated rings. The van der Waals surface area contributed by atoms with Crippen molar-refractivity contribution in [3.05, 3.63) is 11.6 Å². The van der Waals surface area contributed by atoms with Crippen LogP contribution in [0.4, 0.5) is 5.82 Å². The number of aliphatic hydroxyl groups excluding tert-OH is 2. The number of hydrogen-bond donors (Lipinski definition) is 4. The quantitative estimate of drug-likeness (QED) is 0.436. The Morgan fingerprint density at radius 3 is 2.96 bits per heavy atom. The molecule has 5 atom stereocenters. The molecule has 2 aliphatic carbocycles. The van der Waals surface area contributed by atoms with E-state index in [0.29, 0.717) is 23.5 Å². The fraction of sp³-hybridized carbons (Fsp3) is 0.643. The zero-order valence-corrected chi connectivity index (χ0v) is 14.0. The molecule has 2 aromatic heterocycles. The predicted molar refractivity (Wildman–Crippen MR) is 86.5 cm³/mol. The first kappa shape index (κ1) is 16.0. The number of halogens is 1. The molecule has 4 N–H and O–H groups in total. The molecule has 24 heavy (non-hydrogen) atoms. The lowest BCUT2D eigenvalue weighted by Gasteiger charge is -2.24. The molecule has 2 aliphatic rings. The third-order valence-corrected chi connectivity index (χ3v) is 5.52. The van der Waals surface area contributed by atoms with Gasteiger partial charge in [-0.3, -0.25) is 0 Å². The first-order valence-corrected chi connectivity index (χ1v) is 8.11. The molecule has 0 saturated heterocycles. The van der Waals surface area contributed by atoms with Crippen LogP contribution in [0.1, 0.15) is 12.5 Å². The molecular formula is C14H19ClN6O3. The topological polar surface area (TPSA) is 117 Å². The molecule has 9 nitrogen and oxygen atoms in total. The Morgan fingerprint density at radius 1 is 1.46 bits per heavy atom. The van der Waals surface area contributed by atoms with E-state index in [4.69, 9.17) is 16.4 Å². The van der Waals surface area contributed by atoms with E-state index >= 15 is 0 Å². The van der Waals surface area contributed by atoms with Crippen LogP contribution in [0.5, 0.6) is 0 Å². The van der Waals surface area contributed by atoms with Crippen LogP contribution >= 0.6 is 11.6 Å². The second kappa shape index (κ2) is 5.50. The first-order valence-electron chi connectivity index (χ1n) is 7.73. The highest BCUT2D eigenvalue weighted by atomic mass is 35.5. The Hall–Kier alpha value is -1.52. The number of aliphatic hydroxyl groups is 2. The minimum atomic E-state index is -0.911. The molecule has 2 saturated carbocycles. The van der Waals surface area contributed by atoms with Gasteiger partial charge in [-0.25, -0.2) is 10.5 Å². The fourth-order valence-electron chi connectivity index (χ4n) is 4.07. The van der Waals surface area contributed by atoms with Crippen LogP contribution in [0.25, 0.3) is 11.2 Å². The monoisotopic (exact) mass is 354 g/mol. The third kappa shape index (κ3) is 2.06. The average Bonchev–Trinajstić information content (AvgIpc) is 3.08. The Labute approximate surface area is 143 Å². The summed E-state index contributed by atoms with van der Waals surface area (Å²) >= 11 is 6.00. The smallest absolute Gasteiger partial charge is 0.226 e. The maximum absolute atomic E-state index is 10.6. The van der Waals surface area contributed by atoms with Gasteiger partial charge in [0.15, 0.2) is 17.0 Å². The standard InChI is InChI=1S/C14H19ClN6O3/c1-16-11-7-12(20-13(15)19-11)21(5-17-7)8-6-3-14(6,4-18-24-2)10(23)9(8)22/h5-6,8-10,18,22-23H,3-4H2,1-2H3,(H,16,19,20)/t6-,8-,9+,10+,14-/m1/s1. The van der Waals surface area contributed by atoms with Gasteiger partial charge in [0.2, 0.25) is 5.28 Å². The second-order valence-electron chi connectivity index (χ2n) is 6.41. The summed E-state index contributed by atoms with van der Waals surface area (Å²) in [5.74, 6) is 0.634. The van der Waals surface area contributed by atoms with E-state index in [1.807, 2.05) is 0 Å². The van der Waals surface area contributed by atoms with Gasteiger partial charge in [-0.2, -0.15) is 9.97 Å². The highest BCUT2D eigenvalue weighted by molar-refractivity contribution is 6.28. The molecule has 0 aromatic carbocycles. The highest BCUT2D eigenvalue weighted by Crippen LogP contribution is 2.67. The van der Waals surface area contributed by atoms with Gasteiger partial charge < -0.3 is 24.9 Å². The zero-order valence-electron chi connectivity index (χ0n) is 13.3. The average molecular weight is 355 g/mol. The largest absolute Gasteiger partial charge is 0.390 e. The van der Waals surface area contributed by atoms with Gasteiger partial charge in [-0.15, -0.1) is 0 Å². The molecule has 2 aromatic rings. The predicted octanol–water partition coefficient (Wildman–Crippen LogP) is -0.0448. The van der Waals surface area contributed by atoms with Crippen LogP contribution in [-0.4, -0.2) is 62.6 Å². The number of anilines is 1. The van der Waals surface area contributed by atoms with Crippen molar-refractivity contribution in [3.63, 3.8) is 0 Å². The molecule has 0 bridgehead atoms.